The lowest BCUT2D eigenvalue weighted by atomic mass is 10.1. The molecule has 0 bridgehead atoms. The monoisotopic (exact) mass is 258 g/mol. The van der Waals surface area contributed by atoms with Crippen LogP contribution in [0.2, 0.25) is 0 Å². The maximum absolute atomic E-state index is 9.78. The second-order valence-corrected chi connectivity index (χ2v) is 4.30. The van der Waals surface area contributed by atoms with E-state index in [-0.39, 0.29) is 5.75 Å². The maximum atomic E-state index is 9.78. The Kier molecular flexibility index (Phi) is 3.01. The van der Waals surface area contributed by atoms with Gasteiger partial charge in [0.1, 0.15) is 5.75 Å². The summed E-state index contributed by atoms with van der Waals surface area (Å²) in [5.74, 6) is 1.32. The van der Waals surface area contributed by atoms with Crippen LogP contribution in [0.1, 0.15) is 17.4 Å². The lowest BCUT2D eigenvalue weighted by Crippen LogP contribution is -2.17. The van der Waals surface area contributed by atoms with Crippen LogP contribution in [-0.2, 0) is 11.3 Å². The smallest absolute Gasteiger partial charge is 0.227 e. The second kappa shape index (κ2) is 4.82. The highest BCUT2D eigenvalue weighted by atomic mass is 16.7. The number of hydrogen-bond acceptors (Lipinski definition) is 4. The zero-order chi connectivity index (χ0) is 13.2. The predicted molar refractivity (Wildman–Crippen MR) is 69.3 cm³/mol. The van der Waals surface area contributed by atoms with Gasteiger partial charge in [0.05, 0.1) is 13.7 Å². The van der Waals surface area contributed by atoms with Crippen molar-refractivity contribution in [2.75, 3.05) is 7.11 Å². The Labute approximate surface area is 111 Å². The van der Waals surface area contributed by atoms with Crippen molar-refractivity contribution in [1.29, 1.82) is 0 Å². The van der Waals surface area contributed by atoms with E-state index in [4.69, 9.17) is 14.2 Å². The van der Waals surface area contributed by atoms with Crippen molar-refractivity contribution in [2.45, 2.75) is 12.9 Å². The number of hydrogen-bond donors (Lipinski definition) is 1. The minimum atomic E-state index is -0.508. The summed E-state index contributed by atoms with van der Waals surface area (Å²) in [7, 11) is 1.51. The minimum absolute atomic E-state index is 0.0751. The van der Waals surface area contributed by atoms with Gasteiger partial charge in [0, 0.05) is 11.1 Å². The molecule has 2 aromatic rings. The van der Waals surface area contributed by atoms with Crippen LogP contribution in [0.4, 0.5) is 0 Å². The molecule has 3 rings (SSSR count). The van der Waals surface area contributed by atoms with Crippen molar-refractivity contribution in [3.8, 4) is 17.2 Å². The molecule has 1 aliphatic rings. The fourth-order valence-electron chi connectivity index (χ4n) is 2.07. The van der Waals surface area contributed by atoms with Crippen LogP contribution in [0.25, 0.3) is 0 Å². The molecule has 1 N–H and O–H groups in total. The van der Waals surface area contributed by atoms with Gasteiger partial charge in [-0.05, 0) is 24.3 Å². The van der Waals surface area contributed by atoms with Crippen LogP contribution < -0.4 is 9.47 Å². The van der Waals surface area contributed by atoms with E-state index in [0.717, 1.165) is 16.9 Å². The minimum Gasteiger partial charge on any atom is -0.504 e. The normalized spacial score (nSPS) is 17.4. The quantitative estimate of drug-likeness (QED) is 0.899. The molecule has 0 aromatic heterocycles. The van der Waals surface area contributed by atoms with Gasteiger partial charge in [-0.25, -0.2) is 0 Å². The molecule has 98 valence electrons. The number of ether oxygens (including phenoxy) is 3. The molecular formula is C15H14O4. The van der Waals surface area contributed by atoms with Crippen molar-refractivity contribution in [1.82, 2.24) is 0 Å². The summed E-state index contributed by atoms with van der Waals surface area (Å²) in [5, 5.41) is 9.78. The number of aromatic hydroxyl groups is 1. The SMILES string of the molecule is COc1ccc(C2OCc3ccccc3O2)cc1O. The number of phenols is 1. The fraction of sp³-hybridized carbons (Fsp3) is 0.200. The van der Waals surface area contributed by atoms with Gasteiger partial charge in [0.15, 0.2) is 11.5 Å². The Bertz CT molecular complexity index is 594. The molecule has 0 fully saturated rings. The second-order valence-electron chi connectivity index (χ2n) is 4.30. The summed E-state index contributed by atoms with van der Waals surface area (Å²) in [5.41, 5.74) is 1.78. The van der Waals surface area contributed by atoms with Gasteiger partial charge < -0.3 is 19.3 Å². The number of benzene rings is 2. The van der Waals surface area contributed by atoms with Gasteiger partial charge in [-0.1, -0.05) is 18.2 Å². The summed E-state index contributed by atoms with van der Waals surface area (Å²) in [6.07, 6.45) is -0.508. The predicted octanol–water partition coefficient (Wildman–Crippen LogP) is 3.01. The Balaban J connectivity index is 1.87. The Morgan fingerprint density at radius 3 is 2.84 bits per heavy atom. The van der Waals surface area contributed by atoms with E-state index in [9.17, 15) is 5.11 Å². The van der Waals surface area contributed by atoms with Crippen LogP contribution in [0.5, 0.6) is 17.2 Å². The zero-order valence-electron chi connectivity index (χ0n) is 10.5. The van der Waals surface area contributed by atoms with Gasteiger partial charge in [0.2, 0.25) is 6.29 Å². The number of phenolic OH excluding ortho intramolecular Hbond substituents is 1. The molecule has 0 aliphatic carbocycles. The molecule has 1 heterocycles. The summed E-state index contributed by atoms with van der Waals surface area (Å²) in [6.45, 7) is 0.494. The van der Waals surface area contributed by atoms with Crippen molar-refractivity contribution < 1.29 is 19.3 Å². The van der Waals surface area contributed by atoms with E-state index < -0.39 is 6.29 Å². The van der Waals surface area contributed by atoms with Crippen LogP contribution in [0.15, 0.2) is 42.5 Å². The number of methoxy groups -OCH3 is 1. The van der Waals surface area contributed by atoms with Gasteiger partial charge in [0.25, 0.3) is 0 Å². The summed E-state index contributed by atoms with van der Waals surface area (Å²) in [6, 6.07) is 12.9. The molecular weight excluding hydrogens is 244 g/mol. The first-order chi connectivity index (χ1) is 9.28. The van der Waals surface area contributed by atoms with Crippen molar-refractivity contribution in [3.05, 3.63) is 53.6 Å². The van der Waals surface area contributed by atoms with Crippen molar-refractivity contribution >= 4 is 0 Å². The van der Waals surface area contributed by atoms with Crippen LogP contribution in [-0.4, -0.2) is 12.2 Å². The third kappa shape index (κ3) is 2.22. The number of rotatable bonds is 2. The first kappa shape index (κ1) is 11.9. The highest BCUT2D eigenvalue weighted by Gasteiger charge is 2.22. The van der Waals surface area contributed by atoms with E-state index in [1.165, 1.54) is 7.11 Å². The van der Waals surface area contributed by atoms with Crippen LogP contribution >= 0.6 is 0 Å². The third-order valence-corrected chi connectivity index (χ3v) is 3.07. The van der Waals surface area contributed by atoms with Gasteiger partial charge in [-0.3, -0.25) is 0 Å². The first-order valence-corrected chi connectivity index (χ1v) is 6.01. The van der Waals surface area contributed by atoms with E-state index >= 15 is 0 Å². The average molecular weight is 258 g/mol. The summed E-state index contributed by atoms with van der Waals surface area (Å²) in [4.78, 5) is 0. The summed E-state index contributed by atoms with van der Waals surface area (Å²) >= 11 is 0. The van der Waals surface area contributed by atoms with Crippen LogP contribution in [0.3, 0.4) is 0 Å². The first-order valence-electron chi connectivity index (χ1n) is 6.01. The molecule has 4 nitrogen and oxygen atoms in total. The standard InChI is InChI=1S/C15H14O4/c1-17-14-7-6-10(8-12(14)16)15-18-9-11-4-2-3-5-13(11)19-15/h2-8,15-16H,9H2,1H3. The third-order valence-electron chi connectivity index (χ3n) is 3.07. The molecule has 19 heavy (non-hydrogen) atoms. The van der Waals surface area contributed by atoms with Gasteiger partial charge >= 0.3 is 0 Å². The number of fused-ring (bicyclic) bond motifs is 1. The highest BCUT2D eigenvalue weighted by molar-refractivity contribution is 5.43. The van der Waals surface area contributed by atoms with E-state index in [1.54, 1.807) is 12.1 Å². The molecule has 0 spiro atoms. The number of para-hydroxylation sites is 1. The molecule has 1 aliphatic heterocycles. The highest BCUT2D eigenvalue weighted by Crippen LogP contribution is 2.35. The fourth-order valence-corrected chi connectivity index (χ4v) is 2.07. The molecule has 0 amide bonds. The molecule has 0 saturated carbocycles. The molecule has 1 atom stereocenters. The molecule has 2 aromatic carbocycles. The van der Waals surface area contributed by atoms with Crippen molar-refractivity contribution in [3.63, 3.8) is 0 Å². The van der Waals surface area contributed by atoms with E-state index in [0.29, 0.717) is 12.4 Å². The molecule has 1 unspecified atom stereocenters. The van der Waals surface area contributed by atoms with E-state index in [1.807, 2.05) is 30.3 Å². The van der Waals surface area contributed by atoms with Gasteiger partial charge in [-0.2, -0.15) is 0 Å². The molecule has 0 saturated heterocycles. The Morgan fingerprint density at radius 1 is 1.21 bits per heavy atom. The van der Waals surface area contributed by atoms with Crippen LogP contribution in [0, 0.1) is 0 Å². The Morgan fingerprint density at radius 2 is 2.05 bits per heavy atom. The molecule has 4 heteroatoms. The van der Waals surface area contributed by atoms with Gasteiger partial charge in [-0.15, -0.1) is 0 Å². The zero-order valence-corrected chi connectivity index (χ0v) is 10.5. The summed E-state index contributed by atoms with van der Waals surface area (Å²) < 4.78 is 16.4. The van der Waals surface area contributed by atoms with Crippen molar-refractivity contribution in [2.24, 2.45) is 0 Å². The Hall–Kier alpha value is -2.20. The molecule has 0 radical (unpaired) electrons. The largest absolute Gasteiger partial charge is 0.504 e. The lowest BCUT2D eigenvalue weighted by molar-refractivity contribution is -0.111. The topological polar surface area (TPSA) is 47.9 Å². The average Bonchev–Trinajstić information content (AvgIpc) is 2.46. The van der Waals surface area contributed by atoms with E-state index in [2.05, 4.69) is 0 Å². The lowest BCUT2D eigenvalue weighted by Gasteiger charge is -2.26. The maximum Gasteiger partial charge on any atom is 0.227 e.